The van der Waals surface area contributed by atoms with Crippen molar-refractivity contribution < 1.29 is 33.8 Å². The van der Waals surface area contributed by atoms with E-state index in [9.17, 15) is 24.3 Å². The van der Waals surface area contributed by atoms with Crippen LogP contribution in [0.25, 0.3) is 11.3 Å². The number of imidazole rings is 1. The topological polar surface area (TPSA) is 168 Å². The summed E-state index contributed by atoms with van der Waals surface area (Å²) in [6.45, 7) is 6.22. The van der Waals surface area contributed by atoms with Gasteiger partial charge in [-0.3, -0.25) is 29.1 Å². The van der Waals surface area contributed by atoms with Gasteiger partial charge in [0.2, 0.25) is 11.8 Å². The predicted octanol–water partition coefficient (Wildman–Crippen LogP) is 8.28. The summed E-state index contributed by atoms with van der Waals surface area (Å²) < 4.78 is 14.6. The summed E-state index contributed by atoms with van der Waals surface area (Å²) in [5.41, 5.74) is 2.42. The number of pyridine rings is 1. The number of carbonyl (C=O) groups is 4. The Hall–Kier alpha value is -5.64. The van der Waals surface area contributed by atoms with E-state index in [-0.39, 0.29) is 37.7 Å². The average molecular weight is 967 g/mol. The van der Waals surface area contributed by atoms with Gasteiger partial charge in [-0.05, 0) is 133 Å². The monoisotopic (exact) mass is 965 g/mol. The van der Waals surface area contributed by atoms with Crippen molar-refractivity contribution in [2.24, 2.45) is 18.9 Å². The van der Waals surface area contributed by atoms with Gasteiger partial charge in [0.25, 0.3) is 0 Å². The number of Topliss-reactive ketones (excluding diaryl/α,β-unsaturated/α-hetero) is 1. The third-order valence-corrected chi connectivity index (χ3v) is 13.6. The summed E-state index contributed by atoms with van der Waals surface area (Å²) in [6.07, 6.45) is 7.53. The number of hydrogen-bond donors (Lipinski definition) is 3. The molecular formula is C52H61Cl2N7O7. The molecule has 5 aromatic rings. The fraction of sp³-hybridized carbons (Fsp3) is 0.423. The number of amides is 2. The Bertz CT molecular complexity index is 2570. The van der Waals surface area contributed by atoms with E-state index in [0.29, 0.717) is 53.6 Å². The van der Waals surface area contributed by atoms with Crippen molar-refractivity contribution in [2.75, 3.05) is 20.7 Å². The fourth-order valence-corrected chi connectivity index (χ4v) is 9.88. The molecule has 3 aromatic carbocycles. The molecule has 68 heavy (non-hydrogen) atoms. The van der Waals surface area contributed by atoms with Gasteiger partial charge in [-0.25, -0.2) is 4.98 Å². The quantitative estimate of drug-likeness (QED) is 0.0729. The van der Waals surface area contributed by atoms with Crippen LogP contribution < -0.4 is 15.4 Å². The minimum atomic E-state index is -1.12. The van der Waals surface area contributed by atoms with Gasteiger partial charge in [0.05, 0.1) is 37.5 Å². The van der Waals surface area contributed by atoms with Crippen LogP contribution >= 0.6 is 23.2 Å². The maximum atomic E-state index is 14.7. The smallest absolute Gasteiger partial charge is 0.304 e. The molecule has 0 bridgehead atoms. The van der Waals surface area contributed by atoms with Gasteiger partial charge in [-0.1, -0.05) is 53.9 Å². The van der Waals surface area contributed by atoms with Gasteiger partial charge >= 0.3 is 5.97 Å². The Morgan fingerprint density at radius 3 is 2.41 bits per heavy atom. The van der Waals surface area contributed by atoms with Crippen LogP contribution in [0, 0.1) is 11.8 Å². The molecule has 2 amide bonds. The van der Waals surface area contributed by atoms with Crippen LogP contribution in [0.1, 0.15) is 75.4 Å². The minimum absolute atomic E-state index is 0.0335. The van der Waals surface area contributed by atoms with Gasteiger partial charge in [0.15, 0.2) is 0 Å². The molecule has 2 fully saturated rings. The van der Waals surface area contributed by atoms with E-state index < -0.39 is 47.1 Å². The predicted molar refractivity (Wildman–Crippen MR) is 261 cm³/mol. The van der Waals surface area contributed by atoms with Crippen LogP contribution in [-0.4, -0.2) is 97.1 Å². The Labute approximate surface area is 408 Å². The fourth-order valence-electron chi connectivity index (χ4n) is 9.59. The third-order valence-electron chi connectivity index (χ3n) is 13.1. The van der Waals surface area contributed by atoms with Crippen LogP contribution in [0.3, 0.4) is 0 Å². The van der Waals surface area contributed by atoms with Crippen LogP contribution in [-0.2, 0) is 56.9 Å². The first-order chi connectivity index (χ1) is 32.4. The number of aliphatic carboxylic acids is 1. The molecule has 5 atom stereocenters. The molecule has 1 aliphatic heterocycles. The van der Waals surface area contributed by atoms with E-state index in [4.69, 9.17) is 32.7 Å². The second-order valence-corrected chi connectivity index (χ2v) is 19.8. The zero-order valence-corrected chi connectivity index (χ0v) is 41.0. The molecule has 3 N–H and O–H groups in total. The van der Waals surface area contributed by atoms with Crippen molar-refractivity contribution in [3.05, 3.63) is 130 Å². The number of benzene rings is 3. The molecule has 1 unspecified atom stereocenters. The van der Waals surface area contributed by atoms with Gasteiger partial charge in [0, 0.05) is 64.5 Å². The number of aromatic nitrogens is 3. The molecule has 0 radical (unpaired) electrons. The van der Waals surface area contributed by atoms with E-state index in [0.717, 1.165) is 40.3 Å². The first-order valence-corrected chi connectivity index (χ1v) is 23.8. The Morgan fingerprint density at radius 2 is 1.72 bits per heavy atom. The number of rotatable bonds is 19. The first-order valence-electron chi connectivity index (χ1n) is 23.0. The van der Waals surface area contributed by atoms with Gasteiger partial charge in [0.1, 0.15) is 34.9 Å². The zero-order valence-electron chi connectivity index (χ0n) is 39.5. The molecule has 0 spiro atoms. The Kier molecular flexibility index (Phi) is 16.1. The summed E-state index contributed by atoms with van der Waals surface area (Å²) in [5.74, 6) is -1.12. The molecular weight excluding hydrogens is 906 g/mol. The lowest BCUT2D eigenvalue weighted by molar-refractivity contribution is -0.152. The highest BCUT2D eigenvalue weighted by Gasteiger charge is 2.50. The molecule has 1 saturated heterocycles. The standard InChI is InChI=1S/C52H61Cl2N7O7/c1-33(56-29-38-13-18-41(54)25-45(38)68-42-19-14-36(15-20-42)43-30-57-46(60(43)6)31-59(4)5)50(66)61-44(32-67-51(61,2)3)49(65)58-52(26-34-11-16-40(53)17-12-34)21-7-10-37(27-52)48(64)39(24-47(62)63)23-35-9-8-22-55-28-35/h8-9,11-20,22,25,28,30,33,37,39,44,56H,7,10,21,23-24,26-27,29,31-32H2,1-6H3,(H,58,65)(H,62,63)/t33-,37?,39+,44-,52+/m0/s1. The first kappa shape index (κ1) is 50.2. The lowest BCUT2D eigenvalue weighted by Gasteiger charge is -2.43. The molecule has 1 aliphatic carbocycles. The van der Waals surface area contributed by atoms with Gasteiger partial charge < -0.3 is 34.7 Å². The number of nitrogens with one attached hydrogen (secondary N) is 2. The number of halogens is 2. The Balaban J connectivity index is 1.06. The Morgan fingerprint density at radius 1 is 0.985 bits per heavy atom. The van der Waals surface area contributed by atoms with Crippen molar-refractivity contribution in [2.45, 2.75) is 102 Å². The molecule has 14 nitrogen and oxygen atoms in total. The van der Waals surface area contributed by atoms with E-state index in [2.05, 4.69) is 30.1 Å². The molecule has 360 valence electrons. The van der Waals surface area contributed by atoms with Crippen molar-refractivity contribution >= 4 is 46.8 Å². The molecule has 3 heterocycles. The lowest BCUT2D eigenvalue weighted by atomic mass is 9.69. The second kappa shape index (κ2) is 21.8. The van der Waals surface area contributed by atoms with Crippen molar-refractivity contribution in [3.63, 3.8) is 0 Å². The molecule has 16 heteroatoms. The van der Waals surface area contributed by atoms with Gasteiger partial charge in [-0.2, -0.15) is 0 Å². The number of carboxylic acids is 1. The number of carbonyl (C=O) groups excluding carboxylic acids is 3. The molecule has 7 rings (SSSR count). The molecule has 2 aromatic heterocycles. The van der Waals surface area contributed by atoms with E-state index in [1.54, 1.807) is 63.5 Å². The zero-order chi connectivity index (χ0) is 48.8. The number of nitrogens with zero attached hydrogens (tertiary/aromatic N) is 5. The summed E-state index contributed by atoms with van der Waals surface area (Å²) in [6, 6.07) is 22.4. The van der Waals surface area contributed by atoms with E-state index in [1.165, 1.54) is 4.90 Å². The maximum absolute atomic E-state index is 14.7. The SMILES string of the molecule is C[C@H](NCc1ccc(Cl)cc1Oc1ccc(-c2cnc(CN(C)C)n2C)cc1)C(=O)N1[C@H](C(=O)N[C@@]2(Cc3ccc(Cl)cc3)CCCC(C(=O)[C@@H](CC(=O)O)Cc3cccnc3)C2)COC1(C)C. The maximum Gasteiger partial charge on any atom is 0.304 e. The van der Waals surface area contributed by atoms with Crippen LogP contribution in [0.2, 0.25) is 10.0 Å². The number of hydrogen-bond acceptors (Lipinski definition) is 10. The second-order valence-electron chi connectivity index (χ2n) is 18.9. The summed E-state index contributed by atoms with van der Waals surface area (Å²) in [4.78, 5) is 68.0. The summed E-state index contributed by atoms with van der Waals surface area (Å²) >= 11 is 12.7. The van der Waals surface area contributed by atoms with Crippen molar-refractivity contribution in [1.82, 2.24) is 35.0 Å². The van der Waals surface area contributed by atoms with Gasteiger partial charge in [-0.15, -0.1) is 0 Å². The number of ether oxygens (including phenoxy) is 2. The number of carboxylic acid groups (broad SMARTS) is 1. The van der Waals surface area contributed by atoms with Crippen molar-refractivity contribution in [3.8, 4) is 22.8 Å². The highest BCUT2D eigenvalue weighted by molar-refractivity contribution is 6.31. The largest absolute Gasteiger partial charge is 0.481 e. The third kappa shape index (κ3) is 12.3. The van der Waals surface area contributed by atoms with Crippen LogP contribution in [0.5, 0.6) is 11.5 Å². The van der Waals surface area contributed by atoms with Crippen LogP contribution in [0.4, 0.5) is 0 Å². The molecule has 2 aliphatic rings. The van der Waals surface area contributed by atoms with Crippen LogP contribution in [0.15, 0.2) is 97.5 Å². The lowest BCUT2D eigenvalue weighted by Crippen LogP contribution is -2.62. The summed E-state index contributed by atoms with van der Waals surface area (Å²) in [7, 11) is 6.02. The van der Waals surface area contributed by atoms with E-state index >= 15 is 0 Å². The van der Waals surface area contributed by atoms with E-state index in [1.807, 2.05) is 75.9 Å². The number of ketones is 1. The summed E-state index contributed by atoms with van der Waals surface area (Å²) in [5, 5.41) is 17.6. The van der Waals surface area contributed by atoms with Crippen molar-refractivity contribution in [1.29, 1.82) is 0 Å². The molecule has 1 saturated carbocycles. The average Bonchev–Trinajstić information content (AvgIpc) is 3.83. The highest BCUT2D eigenvalue weighted by Crippen LogP contribution is 2.39. The highest BCUT2D eigenvalue weighted by atomic mass is 35.5. The normalized spacial score (nSPS) is 19.9. The minimum Gasteiger partial charge on any atom is -0.481 e.